The molecule has 0 saturated carbocycles. The molecule has 0 amide bonds. The molecule has 1 N–H and O–H groups in total. The number of esters is 4. The summed E-state index contributed by atoms with van der Waals surface area (Å²) in [7, 11) is -11.7. The van der Waals surface area contributed by atoms with Crippen LogP contribution in [0.5, 0.6) is 17.2 Å². The van der Waals surface area contributed by atoms with Crippen LogP contribution in [-0.4, -0.2) is 83.3 Å². The third kappa shape index (κ3) is 23.5. The summed E-state index contributed by atoms with van der Waals surface area (Å²) in [5.41, 5.74) is -11.2. The molecule has 6 aromatic carbocycles. The van der Waals surface area contributed by atoms with Crippen LogP contribution in [0, 0.1) is 0 Å². The van der Waals surface area contributed by atoms with Gasteiger partial charge in [-0.1, -0.05) is 133 Å². The maximum Gasteiger partial charge on any atom is 0.534 e. The zero-order chi connectivity index (χ0) is 70.6. The molecular formula is C68H58F6O17S6. The summed E-state index contributed by atoms with van der Waals surface area (Å²) in [6.07, 6.45) is 3.91. The van der Waals surface area contributed by atoms with Crippen molar-refractivity contribution < 1.29 is 104 Å². The van der Waals surface area contributed by atoms with Gasteiger partial charge in [-0.05, 0) is 108 Å². The summed E-state index contributed by atoms with van der Waals surface area (Å²) >= 11 is 4.85. The number of phenolic OH excluding ortho intramolecular Hbond substituents is 1. The normalized spacial score (nSPS) is 12.0. The first kappa shape index (κ1) is 76.2. The Kier molecular flexibility index (Phi) is 29.0. The Morgan fingerprint density at radius 3 is 0.928 bits per heavy atom. The van der Waals surface area contributed by atoms with Crippen molar-refractivity contribution in [3.8, 4) is 17.2 Å². The van der Waals surface area contributed by atoms with Gasteiger partial charge in [0.1, 0.15) is 17.2 Å². The number of fused-ring (bicyclic) bond motifs is 3. The molecular weight excluding hydrogens is 1400 g/mol. The molecule has 0 radical (unpaired) electrons. The monoisotopic (exact) mass is 1450 g/mol. The fourth-order valence-electron chi connectivity index (χ4n) is 7.76. The van der Waals surface area contributed by atoms with Gasteiger partial charge in [0.05, 0.1) is 70.2 Å². The van der Waals surface area contributed by atoms with Crippen molar-refractivity contribution in [1.82, 2.24) is 0 Å². The highest BCUT2D eigenvalue weighted by molar-refractivity contribution is 7.88. The molecule has 510 valence electrons. The van der Waals surface area contributed by atoms with E-state index in [2.05, 4.69) is 17.8 Å². The minimum atomic E-state index is -5.85. The highest BCUT2D eigenvalue weighted by Gasteiger charge is 2.50. The zero-order valence-electron chi connectivity index (χ0n) is 51.4. The lowest BCUT2D eigenvalue weighted by atomic mass is 10.1. The number of ether oxygens (including phenoxy) is 6. The number of thiophene rings is 4. The van der Waals surface area contributed by atoms with Gasteiger partial charge in [-0.3, -0.25) is 0 Å². The molecule has 0 unspecified atom stereocenters. The molecule has 0 aliphatic heterocycles. The first-order valence-corrected chi connectivity index (χ1v) is 34.8. The summed E-state index contributed by atoms with van der Waals surface area (Å²) in [6.45, 7) is 7.18. The largest absolute Gasteiger partial charge is 0.534 e. The van der Waals surface area contributed by atoms with Crippen molar-refractivity contribution in [2.75, 3.05) is 26.4 Å². The Hall–Kier alpha value is -9.78. The molecule has 0 aliphatic carbocycles. The number of alkyl halides is 6. The maximum atomic E-state index is 12.3. The lowest BCUT2D eigenvalue weighted by Crippen LogP contribution is -2.25. The summed E-state index contributed by atoms with van der Waals surface area (Å²) in [5, 5.41) is 22.4. The highest BCUT2D eigenvalue weighted by atomic mass is 32.2. The average molecular weight is 1450 g/mol. The fraction of sp³-hybridized carbons (Fsp3) is 0.147. The predicted octanol–water partition coefficient (Wildman–Crippen LogP) is 17.4. The number of carbonyl (C=O) groups is 4. The van der Waals surface area contributed by atoms with Gasteiger partial charge >= 0.3 is 55.1 Å². The van der Waals surface area contributed by atoms with E-state index in [-0.39, 0.29) is 23.0 Å². The van der Waals surface area contributed by atoms with Gasteiger partial charge in [0.2, 0.25) is 0 Å². The molecule has 97 heavy (non-hydrogen) atoms. The number of hydrogen-bond donors (Lipinski definition) is 1. The fourth-order valence-corrected chi connectivity index (χ4v) is 11.5. The molecule has 0 bridgehead atoms. The Morgan fingerprint density at radius 2 is 0.639 bits per heavy atom. The van der Waals surface area contributed by atoms with E-state index in [0.717, 1.165) is 64.7 Å². The topological polar surface area (TPSA) is 231 Å². The van der Waals surface area contributed by atoms with E-state index in [1.54, 1.807) is 19.9 Å². The number of rotatable bonds is 20. The van der Waals surface area contributed by atoms with E-state index >= 15 is 0 Å². The average Bonchev–Trinajstić information content (AvgIpc) is 1.66. The van der Waals surface area contributed by atoms with Crippen LogP contribution >= 0.6 is 45.3 Å². The Balaban J connectivity index is 0.000000194. The number of carbonyl (C=O) groups excluding carboxylic acids is 4. The van der Waals surface area contributed by atoms with Gasteiger partial charge in [-0.15, -0.1) is 45.3 Å². The van der Waals surface area contributed by atoms with Crippen molar-refractivity contribution in [3.05, 3.63) is 241 Å². The highest BCUT2D eigenvalue weighted by Crippen LogP contribution is 2.36. The maximum absolute atomic E-state index is 12.3. The van der Waals surface area contributed by atoms with Gasteiger partial charge in [-0.25, -0.2) is 19.2 Å². The van der Waals surface area contributed by atoms with E-state index in [4.69, 9.17) is 18.9 Å². The summed E-state index contributed by atoms with van der Waals surface area (Å²) in [6, 6.07) is 54.2. The van der Waals surface area contributed by atoms with Crippen molar-refractivity contribution in [1.29, 1.82) is 0 Å². The molecule has 0 fully saturated rings. The number of benzene rings is 6. The van der Waals surface area contributed by atoms with Crippen molar-refractivity contribution in [2.24, 2.45) is 0 Å². The van der Waals surface area contributed by atoms with Gasteiger partial charge < -0.3 is 41.9 Å². The standard InChI is InChI=1S/2C19H16O3S.2C10H9F3O5S2.C10H8O/c2*1-2-21-19(20)13-17(18-11-6-12-23-18)22-16-10-5-8-14-7-3-4-9-15(14)16;2*1-2-17-9(14)6-7(8-4-3-5-19-8)18-20(15,16)10(11,12)13;11-10-7-3-5-8-4-1-2-6-9(8)10/h2*3-13H,2H2,1H3;2*3-6H,2H2,1H3;1-7,11H/b17-13+;17-13-;7-6+;7-6-;. The lowest BCUT2D eigenvalue weighted by molar-refractivity contribution is -0.138. The number of halogens is 6. The Morgan fingerprint density at radius 1 is 0.371 bits per heavy atom. The van der Waals surface area contributed by atoms with E-state index in [9.17, 15) is 67.5 Å². The van der Waals surface area contributed by atoms with Crippen LogP contribution in [0.15, 0.2) is 222 Å². The van der Waals surface area contributed by atoms with E-state index in [1.165, 1.54) is 83.7 Å². The van der Waals surface area contributed by atoms with Crippen LogP contribution in [0.2, 0.25) is 0 Å². The van der Waals surface area contributed by atoms with Crippen LogP contribution in [0.25, 0.3) is 55.4 Å². The first-order valence-electron chi connectivity index (χ1n) is 28.5. The molecule has 4 aromatic heterocycles. The first-order chi connectivity index (χ1) is 46.3. The molecule has 10 rings (SSSR count). The SMILES string of the molecule is CCOC(=O)/C=C(/OS(=O)(=O)C(F)(F)F)c1cccs1.CCOC(=O)/C=C(/Oc1cccc2ccccc12)c1cccs1.CCOC(=O)/C=C(\OS(=O)(=O)C(F)(F)F)c1cccs1.CCOC(=O)/C=C(\Oc1cccc2ccccc12)c1cccs1.Oc1cccc2ccccc12. The minimum absolute atomic E-state index is 0.0148. The smallest absolute Gasteiger partial charge is 0.507 e. The zero-order valence-corrected chi connectivity index (χ0v) is 56.3. The van der Waals surface area contributed by atoms with Crippen LogP contribution in [-0.2, 0) is 66.7 Å². The summed E-state index contributed by atoms with van der Waals surface area (Å²) in [4.78, 5) is 48.0. The molecule has 0 atom stereocenters. The molecule has 10 aromatic rings. The molecule has 0 aliphatic rings. The van der Waals surface area contributed by atoms with Crippen LogP contribution in [0.4, 0.5) is 26.3 Å². The second-order valence-corrected chi connectivity index (χ2v) is 25.4. The second kappa shape index (κ2) is 36.9. The second-order valence-electron chi connectivity index (χ2n) is 18.6. The molecule has 29 heteroatoms. The lowest BCUT2D eigenvalue weighted by Gasteiger charge is -2.11. The van der Waals surface area contributed by atoms with E-state index in [1.807, 2.05) is 156 Å². The van der Waals surface area contributed by atoms with Crippen molar-refractivity contribution >= 4 is 145 Å². The number of phenols is 1. The van der Waals surface area contributed by atoms with Gasteiger partial charge in [0.25, 0.3) is 0 Å². The quantitative estimate of drug-likeness (QED) is 0.0142. The third-order valence-corrected chi connectivity index (χ3v) is 17.3. The van der Waals surface area contributed by atoms with E-state index < -0.39 is 66.6 Å². The molecule has 17 nitrogen and oxygen atoms in total. The number of aromatic hydroxyl groups is 1. The predicted molar refractivity (Wildman–Crippen MR) is 363 cm³/mol. The molecule has 4 heterocycles. The van der Waals surface area contributed by atoms with Gasteiger partial charge in [0, 0.05) is 16.2 Å². The van der Waals surface area contributed by atoms with Gasteiger partial charge in [0.15, 0.2) is 23.0 Å². The van der Waals surface area contributed by atoms with Crippen LogP contribution in [0.3, 0.4) is 0 Å². The Bertz CT molecular complexity index is 4300. The van der Waals surface area contributed by atoms with Crippen molar-refractivity contribution in [3.63, 3.8) is 0 Å². The van der Waals surface area contributed by atoms with Crippen LogP contribution in [0.1, 0.15) is 47.2 Å². The summed E-state index contributed by atoms with van der Waals surface area (Å²) < 4.78 is 157. The van der Waals surface area contributed by atoms with E-state index in [0.29, 0.717) is 54.1 Å². The molecule has 0 saturated heterocycles. The molecule has 0 spiro atoms. The minimum Gasteiger partial charge on any atom is -0.507 e. The summed E-state index contributed by atoms with van der Waals surface area (Å²) in [5.74, 6) is -1.54. The van der Waals surface area contributed by atoms with Crippen molar-refractivity contribution in [2.45, 2.75) is 38.7 Å². The third-order valence-electron chi connectivity index (χ3n) is 11.9. The van der Waals surface area contributed by atoms with Gasteiger partial charge in [-0.2, -0.15) is 43.2 Å². The number of hydrogen-bond acceptors (Lipinski definition) is 21. The van der Waals surface area contributed by atoms with Crippen LogP contribution < -0.4 is 9.47 Å². The Labute approximate surface area is 569 Å².